The Hall–Kier alpha value is -1.55. The van der Waals surface area contributed by atoms with E-state index in [1.54, 1.807) is 24.3 Å². The average Bonchev–Trinajstić information content (AvgIpc) is 2.42. The highest BCUT2D eigenvalue weighted by Crippen LogP contribution is 2.25. The highest BCUT2D eigenvalue weighted by Gasteiger charge is 2.16. The van der Waals surface area contributed by atoms with Gasteiger partial charge in [-0.15, -0.1) is 12.6 Å². The minimum Gasteiger partial charge on any atom is -0.321 e. The van der Waals surface area contributed by atoms with Crippen LogP contribution in [0.5, 0.6) is 0 Å². The zero-order chi connectivity index (χ0) is 10.1. The van der Waals surface area contributed by atoms with Crippen LogP contribution in [-0.2, 0) is 4.79 Å². The van der Waals surface area contributed by atoms with Gasteiger partial charge in [-0.1, -0.05) is 6.07 Å². The van der Waals surface area contributed by atoms with Crippen LogP contribution in [0.3, 0.4) is 0 Å². The predicted molar refractivity (Wildman–Crippen MR) is 57.4 cm³/mol. The number of thiol groups is 1. The van der Waals surface area contributed by atoms with Crippen LogP contribution in [0.2, 0.25) is 0 Å². The summed E-state index contributed by atoms with van der Waals surface area (Å²) in [4.78, 5) is 21.8. The summed E-state index contributed by atoms with van der Waals surface area (Å²) in [6.45, 7) is 0. The number of carbonyl (C=O) groups excluding carboxylic acids is 2. The standard InChI is InChI=1S/C10H7NO2S/c12-9(14)4-3-6-1-2-7-5-8(6)11-10(7)13/h1-5H,(H,11,13)(H,12,14). The van der Waals surface area contributed by atoms with Crippen LogP contribution in [0.15, 0.2) is 24.3 Å². The summed E-state index contributed by atoms with van der Waals surface area (Å²) in [5, 5.41) is 2.37. The molecule has 0 radical (unpaired) electrons. The van der Waals surface area contributed by atoms with E-state index < -0.39 is 0 Å². The van der Waals surface area contributed by atoms with Crippen LogP contribution in [0, 0.1) is 0 Å². The van der Waals surface area contributed by atoms with Gasteiger partial charge < -0.3 is 5.32 Å². The first-order chi connectivity index (χ1) is 6.66. The van der Waals surface area contributed by atoms with E-state index in [0.29, 0.717) is 5.56 Å². The molecule has 0 aromatic heterocycles. The maximum absolute atomic E-state index is 11.2. The van der Waals surface area contributed by atoms with E-state index in [9.17, 15) is 9.59 Å². The lowest BCUT2D eigenvalue weighted by Gasteiger charge is -1.96. The van der Waals surface area contributed by atoms with Gasteiger partial charge in [0.1, 0.15) is 0 Å². The third-order valence-corrected chi connectivity index (χ3v) is 2.12. The Balaban J connectivity index is 2.34. The number of carbonyl (C=O) groups is 2. The zero-order valence-electron chi connectivity index (χ0n) is 7.15. The summed E-state index contributed by atoms with van der Waals surface area (Å²) >= 11 is 3.61. The molecule has 2 rings (SSSR count). The van der Waals surface area contributed by atoms with Crippen LogP contribution in [0.4, 0.5) is 5.69 Å². The van der Waals surface area contributed by atoms with Gasteiger partial charge in [0.15, 0.2) is 0 Å². The normalized spacial score (nSPS) is 13.4. The van der Waals surface area contributed by atoms with Crippen LogP contribution < -0.4 is 5.32 Å². The molecular formula is C10H7NO2S. The van der Waals surface area contributed by atoms with E-state index in [1.165, 1.54) is 6.08 Å². The Morgan fingerprint density at radius 1 is 1.43 bits per heavy atom. The first-order valence-electron chi connectivity index (χ1n) is 4.03. The van der Waals surface area contributed by atoms with Gasteiger partial charge in [0.2, 0.25) is 5.12 Å². The maximum atomic E-state index is 11.2. The smallest absolute Gasteiger partial charge is 0.255 e. The van der Waals surface area contributed by atoms with Crippen molar-refractivity contribution in [1.29, 1.82) is 0 Å². The van der Waals surface area contributed by atoms with Crippen LogP contribution in [-0.4, -0.2) is 11.0 Å². The van der Waals surface area contributed by atoms with Crippen molar-refractivity contribution in [2.75, 3.05) is 5.32 Å². The number of benzene rings is 1. The van der Waals surface area contributed by atoms with Gasteiger partial charge >= 0.3 is 0 Å². The fourth-order valence-corrected chi connectivity index (χ4v) is 1.38. The monoisotopic (exact) mass is 205 g/mol. The molecule has 0 saturated heterocycles. The molecule has 4 heteroatoms. The van der Waals surface area contributed by atoms with Crippen molar-refractivity contribution >= 4 is 35.4 Å². The van der Waals surface area contributed by atoms with Crippen molar-refractivity contribution in [2.24, 2.45) is 0 Å². The van der Waals surface area contributed by atoms with Crippen molar-refractivity contribution in [3.05, 3.63) is 35.4 Å². The molecular weight excluding hydrogens is 198 g/mol. The largest absolute Gasteiger partial charge is 0.321 e. The van der Waals surface area contributed by atoms with Gasteiger partial charge in [0.25, 0.3) is 5.91 Å². The predicted octanol–water partition coefficient (Wildman–Crippen LogP) is 1.72. The minimum absolute atomic E-state index is 0.100. The summed E-state index contributed by atoms with van der Waals surface area (Å²) in [6.07, 6.45) is 2.97. The first kappa shape index (κ1) is 9.02. The minimum atomic E-state index is -0.314. The summed E-state index contributed by atoms with van der Waals surface area (Å²) in [5.74, 6) is -0.100. The molecule has 1 aromatic carbocycles. The van der Waals surface area contributed by atoms with Gasteiger partial charge in [-0.05, 0) is 29.8 Å². The average molecular weight is 205 g/mol. The van der Waals surface area contributed by atoms with Crippen molar-refractivity contribution < 1.29 is 9.59 Å². The molecule has 0 atom stereocenters. The van der Waals surface area contributed by atoms with Gasteiger partial charge in [-0.25, -0.2) is 0 Å². The molecule has 0 aliphatic carbocycles. The van der Waals surface area contributed by atoms with Gasteiger partial charge in [0.05, 0.1) is 0 Å². The quantitative estimate of drug-likeness (QED) is 0.570. The highest BCUT2D eigenvalue weighted by molar-refractivity contribution is 7.97. The Morgan fingerprint density at radius 3 is 2.93 bits per heavy atom. The second-order valence-electron chi connectivity index (χ2n) is 2.93. The van der Waals surface area contributed by atoms with Crippen LogP contribution in [0.1, 0.15) is 15.9 Å². The summed E-state index contributed by atoms with van der Waals surface area (Å²) in [6, 6.07) is 5.26. The Bertz CT molecular complexity index is 451. The topological polar surface area (TPSA) is 46.2 Å². The third-order valence-electron chi connectivity index (χ3n) is 1.97. The lowest BCUT2D eigenvalue weighted by Crippen LogP contribution is -2.03. The Kier molecular flexibility index (Phi) is 2.13. The second-order valence-corrected chi connectivity index (χ2v) is 3.37. The molecule has 0 unspecified atom stereocenters. The second kappa shape index (κ2) is 3.31. The van der Waals surface area contributed by atoms with Crippen molar-refractivity contribution in [1.82, 2.24) is 0 Å². The van der Waals surface area contributed by atoms with E-state index >= 15 is 0 Å². The van der Waals surface area contributed by atoms with Crippen molar-refractivity contribution in [3.63, 3.8) is 0 Å². The molecule has 14 heavy (non-hydrogen) atoms. The van der Waals surface area contributed by atoms with Crippen molar-refractivity contribution in [3.8, 4) is 0 Å². The lowest BCUT2D eigenvalue weighted by atomic mass is 10.1. The molecule has 0 spiro atoms. The maximum Gasteiger partial charge on any atom is 0.255 e. The Labute approximate surface area is 86.2 Å². The molecule has 1 heterocycles. The SMILES string of the molecule is O=C(S)C=Cc1ccc2cc1NC2=O. The summed E-state index contributed by atoms with van der Waals surface area (Å²) in [5.41, 5.74) is 2.19. The molecule has 0 saturated carbocycles. The van der Waals surface area contributed by atoms with Crippen LogP contribution >= 0.6 is 12.6 Å². The molecule has 1 aliphatic rings. The van der Waals surface area contributed by atoms with Crippen LogP contribution in [0.25, 0.3) is 6.08 Å². The lowest BCUT2D eigenvalue weighted by molar-refractivity contribution is -0.106. The number of hydrogen-bond donors (Lipinski definition) is 2. The van der Waals surface area contributed by atoms with Gasteiger partial charge in [-0.2, -0.15) is 0 Å². The number of fused-ring (bicyclic) bond motifs is 2. The van der Waals surface area contributed by atoms with Crippen molar-refractivity contribution in [2.45, 2.75) is 0 Å². The number of nitrogens with one attached hydrogen (secondary N) is 1. The van der Waals surface area contributed by atoms with Gasteiger partial charge in [-0.3, -0.25) is 9.59 Å². The van der Waals surface area contributed by atoms with E-state index in [4.69, 9.17) is 0 Å². The first-order valence-corrected chi connectivity index (χ1v) is 4.48. The zero-order valence-corrected chi connectivity index (χ0v) is 8.04. The molecule has 3 nitrogen and oxygen atoms in total. The number of amides is 1. The van der Waals surface area contributed by atoms with Gasteiger partial charge in [0, 0.05) is 11.3 Å². The molecule has 2 bridgehead atoms. The molecule has 1 N–H and O–H groups in total. The van der Waals surface area contributed by atoms with E-state index in [1.807, 2.05) is 0 Å². The van der Waals surface area contributed by atoms with E-state index in [2.05, 4.69) is 17.9 Å². The summed E-state index contributed by atoms with van der Waals surface area (Å²) < 4.78 is 0. The highest BCUT2D eigenvalue weighted by atomic mass is 32.1. The van der Waals surface area contributed by atoms with E-state index in [0.717, 1.165) is 11.3 Å². The van der Waals surface area contributed by atoms with E-state index in [-0.39, 0.29) is 11.0 Å². The number of hydrogen-bond acceptors (Lipinski definition) is 2. The Morgan fingerprint density at radius 2 is 2.21 bits per heavy atom. The molecule has 1 aliphatic heterocycles. The number of rotatable bonds is 2. The number of anilines is 1. The fraction of sp³-hybridized carbons (Fsp3) is 0. The molecule has 0 fully saturated rings. The molecule has 70 valence electrons. The third kappa shape index (κ3) is 1.56. The summed E-state index contributed by atoms with van der Waals surface area (Å²) in [7, 11) is 0. The molecule has 1 amide bonds. The molecule has 1 aromatic rings. The fourth-order valence-electron chi connectivity index (χ4n) is 1.31.